The van der Waals surface area contributed by atoms with Gasteiger partial charge in [-0.15, -0.1) is 24.0 Å². The molecule has 1 aromatic carbocycles. The minimum Gasteiger partial charge on any atom is -0.379 e. The first-order valence-electron chi connectivity index (χ1n) is 10.4. The third kappa shape index (κ3) is 10.0. The van der Waals surface area contributed by atoms with E-state index >= 15 is 0 Å². The second-order valence-corrected chi connectivity index (χ2v) is 7.56. The van der Waals surface area contributed by atoms with Crippen molar-refractivity contribution in [2.24, 2.45) is 10.9 Å². The first-order chi connectivity index (χ1) is 14.0. The number of aliphatic imine (C=N–C) groups is 1. The van der Waals surface area contributed by atoms with E-state index in [0.29, 0.717) is 30.2 Å². The molecule has 1 aliphatic rings. The number of anilines is 1. The highest BCUT2D eigenvalue weighted by Gasteiger charge is 2.22. The molecule has 0 saturated carbocycles. The van der Waals surface area contributed by atoms with Gasteiger partial charge in [-0.1, -0.05) is 13.8 Å². The molecular formula is C21H35FIN5O2. The van der Waals surface area contributed by atoms with Gasteiger partial charge in [-0.2, -0.15) is 0 Å². The summed E-state index contributed by atoms with van der Waals surface area (Å²) in [6.45, 7) is 11.3. The SMILES string of the molecule is CCNC(=NCC(=O)Nc1ccc(F)cc1)NCC(CC(C)C)N1CCOCC1.I. The molecule has 170 valence electrons. The van der Waals surface area contributed by atoms with E-state index in [4.69, 9.17) is 4.74 Å². The van der Waals surface area contributed by atoms with Crippen LogP contribution in [-0.4, -0.2) is 68.7 Å². The zero-order valence-electron chi connectivity index (χ0n) is 18.1. The van der Waals surface area contributed by atoms with Crippen LogP contribution in [0, 0.1) is 11.7 Å². The number of benzene rings is 1. The molecule has 0 aliphatic carbocycles. The summed E-state index contributed by atoms with van der Waals surface area (Å²) in [6.07, 6.45) is 1.08. The lowest BCUT2D eigenvalue weighted by Crippen LogP contribution is -2.51. The summed E-state index contributed by atoms with van der Waals surface area (Å²) in [5.41, 5.74) is 0.550. The lowest BCUT2D eigenvalue weighted by Gasteiger charge is -2.35. The first kappa shape index (κ1) is 26.6. The summed E-state index contributed by atoms with van der Waals surface area (Å²) in [7, 11) is 0. The van der Waals surface area contributed by atoms with Crippen LogP contribution in [0.3, 0.4) is 0 Å². The highest BCUT2D eigenvalue weighted by molar-refractivity contribution is 14.0. The molecule has 0 bridgehead atoms. The van der Waals surface area contributed by atoms with Crippen LogP contribution < -0.4 is 16.0 Å². The maximum Gasteiger partial charge on any atom is 0.246 e. The van der Waals surface area contributed by atoms with Crippen LogP contribution in [0.25, 0.3) is 0 Å². The maximum atomic E-state index is 13.0. The van der Waals surface area contributed by atoms with Gasteiger partial charge in [0.15, 0.2) is 5.96 Å². The molecule has 1 aliphatic heterocycles. The average molecular weight is 535 g/mol. The average Bonchev–Trinajstić information content (AvgIpc) is 2.71. The first-order valence-corrected chi connectivity index (χ1v) is 10.4. The minimum absolute atomic E-state index is 0. The summed E-state index contributed by atoms with van der Waals surface area (Å²) in [6, 6.07) is 6.06. The number of morpholine rings is 1. The number of nitrogens with zero attached hydrogens (tertiary/aromatic N) is 2. The number of halogens is 2. The monoisotopic (exact) mass is 535 g/mol. The van der Waals surface area contributed by atoms with E-state index in [2.05, 4.69) is 39.7 Å². The van der Waals surface area contributed by atoms with Crippen molar-refractivity contribution < 1.29 is 13.9 Å². The van der Waals surface area contributed by atoms with Crippen molar-refractivity contribution in [1.82, 2.24) is 15.5 Å². The summed E-state index contributed by atoms with van der Waals surface area (Å²) >= 11 is 0. The molecule has 1 aromatic rings. The van der Waals surface area contributed by atoms with Crippen molar-refractivity contribution in [3.8, 4) is 0 Å². The Balaban J connectivity index is 0.00000450. The largest absolute Gasteiger partial charge is 0.379 e. The normalized spacial score (nSPS) is 16.0. The predicted octanol–water partition coefficient (Wildman–Crippen LogP) is 2.68. The molecule has 9 heteroatoms. The Labute approximate surface area is 196 Å². The van der Waals surface area contributed by atoms with Crippen molar-refractivity contribution in [2.75, 3.05) is 51.3 Å². The van der Waals surface area contributed by atoms with E-state index in [0.717, 1.165) is 39.3 Å². The topological polar surface area (TPSA) is 78.0 Å². The lowest BCUT2D eigenvalue weighted by molar-refractivity contribution is -0.114. The number of amides is 1. The quantitative estimate of drug-likeness (QED) is 0.258. The van der Waals surface area contributed by atoms with Crippen LogP contribution in [0.15, 0.2) is 29.3 Å². The van der Waals surface area contributed by atoms with Gasteiger partial charge in [-0.05, 0) is 43.5 Å². The van der Waals surface area contributed by atoms with E-state index in [1.165, 1.54) is 24.3 Å². The van der Waals surface area contributed by atoms with Gasteiger partial charge in [0.2, 0.25) is 5.91 Å². The lowest BCUT2D eigenvalue weighted by atomic mass is 10.0. The van der Waals surface area contributed by atoms with Crippen molar-refractivity contribution >= 4 is 41.5 Å². The summed E-state index contributed by atoms with van der Waals surface area (Å²) in [5, 5.41) is 9.28. The van der Waals surface area contributed by atoms with Crippen LogP contribution in [-0.2, 0) is 9.53 Å². The number of carbonyl (C=O) groups is 1. The Morgan fingerprint density at radius 1 is 1.20 bits per heavy atom. The summed E-state index contributed by atoms with van der Waals surface area (Å²) in [4.78, 5) is 19.0. The Bertz CT molecular complexity index is 651. The third-order valence-corrected chi connectivity index (χ3v) is 4.66. The Kier molecular flexibility index (Phi) is 12.9. The molecule has 1 fully saturated rings. The standard InChI is InChI=1S/C21H34FN5O2.HI/c1-4-23-21(25-15-20(28)26-18-7-5-17(22)6-8-18)24-14-19(13-16(2)3)27-9-11-29-12-10-27;/h5-8,16,19H,4,9-15H2,1-3H3,(H,26,28)(H2,23,24,25);1H. The second-order valence-electron chi connectivity index (χ2n) is 7.56. The van der Waals surface area contributed by atoms with Gasteiger partial charge in [0, 0.05) is 37.9 Å². The predicted molar refractivity (Wildman–Crippen MR) is 130 cm³/mol. The zero-order chi connectivity index (χ0) is 21.1. The molecule has 7 nitrogen and oxygen atoms in total. The molecule has 0 spiro atoms. The number of carbonyl (C=O) groups excluding carboxylic acids is 1. The highest BCUT2D eigenvalue weighted by atomic mass is 127. The van der Waals surface area contributed by atoms with Crippen molar-refractivity contribution in [3.05, 3.63) is 30.1 Å². The number of hydrogen-bond acceptors (Lipinski definition) is 4. The van der Waals surface area contributed by atoms with Crippen LogP contribution in [0.5, 0.6) is 0 Å². The molecule has 1 amide bonds. The van der Waals surface area contributed by atoms with Gasteiger partial charge in [-0.25, -0.2) is 9.38 Å². The maximum absolute atomic E-state index is 13.0. The van der Waals surface area contributed by atoms with Gasteiger partial charge >= 0.3 is 0 Å². The molecule has 1 heterocycles. The summed E-state index contributed by atoms with van der Waals surface area (Å²) < 4.78 is 18.4. The minimum atomic E-state index is -0.337. The highest BCUT2D eigenvalue weighted by Crippen LogP contribution is 2.13. The van der Waals surface area contributed by atoms with Crippen molar-refractivity contribution in [1.29, 1.82) is 0 Å². The zero-order valence-corrected chi connectivity index (χ0v) is 20.4. The van der Waals surface area contributed by atoms with Crippen LogP contribution in [0.2, 0.25) is 0 Å². The second kappa shape index (κ2) is 14.5. The fourth-order valence-corrected chi connectivity index (χ4v) is 3.29. The van der Waals surface area contributed by atoms with E-state index in [1.807, 2.05) is 6.92 Å². The van der Waals surface area contributed by atoms with Gasteiger partial charge in [0.1, 0.15) is 12.4 Å². The van der Waals surface area contributed by atoms with Gasteiger partial charge in [0.05, 0.1) is 13.2 Å². The molecule has 2 rings (SSSR count). The number of guanidine groups is 1. The van der Waals surface area contributed by atoms with Gasteiger partial charge in [-0.3, -0.25) is 9.69 Å². The Morgan fingerprint density at radius 3 is 2.47 bits per heavy atom. The Morgan fingerprint density at radius 2 is 1.87 bits per heavy atom. The fraction of sp³-hybridized carbons (Fsp3) is 0.619. The van der Waals surface area contributed by atoms with Crippen LogP contribution in [0.4, 0.5) is 10.1 Å². The van der Waals surface area contributed by atoms with Crippen LogP contribution >= 0.6 is 24.0 Å². The molecule has 1 saturated heterocycles. The van der Waals surface area contributed by atoms with Crippen LogP contribution in [0.1, 0.15) is 27.2 Å². The third-order valence-electron chi connectivity index (χ3n) is 4.66. The number of hydrogen-bond donors (Lipinski definition) is 3. The molecule has 0 aromatic heterocycles. The Hall–Kier alpha value is -1.46. The molecule has 3 N–H and O–H groups in total. The fourth-order valence-electron chi connectivity index (χ4n) is 3.29. The van der Waals surface area contributed by atoms with Crippen molar-refractivity contribution in [2.45, 2.75) is 33.2 Å². The summed E-state index contributed by atoms with van der Waals surface area (Å²) in [5.74, 6) is 0.617. The smallest absolute Gasteiger partial charge is 0.246 e. The van der Waals surface area contributed by atoms with E-state index in [1.54, 1.807) is 0 Å². The molecule has 1 atom stereocenters. The number of nitrogens with one attached hydrogen (secondary N) is 3. The van der Waals surface area contributed by atoms with Gasteiger partial charge < -0.3 is 20.7 Å². The van der Waals surface area contributed by atoms with E-state index in [-0.39, 0.29) is 42.2 Å². The molecule has 0 radical (unpaired) electrons. The van der Waals surface area contributed by atoms with E-state index < -0.39 is 0 Å². The molecule has 1 unspecified atom stereocenters. The molecule has 30 heavy (non-hydrogen) atoms. The van der Waals surface area contributed by atoms with Gasteiger partial charge in [0.25, 0.3) is 0 Å². The van der Waals surface area contributed by atoms with Crippen molar-refractivity contribution in [3.63, 3.8) is 0 Å². The molecular weight excluding hydrogens is 500 g/mol. The number of rotatable bonds is 9. The number of ether oxygens (including phenoxy) is 1. The van der Waals surface area contributed by atoms with E-state index in [9.17, 15) is 9.18 Å².